The molecule has 0 atom stereocenters. The minimum absolute atomic E-state index is 0.364. The molecule has 0 saturated carbocycles. The summed E-state index contributed by atoms with van der Waals surface area (Å²) in [6.45, 7) is 12.7. The van der Waals surface area contributed by atoms with Gasteiger partial charge in [-0.25, -0.2) is 0 Å². The Hall–Kier alpha value is -0.0800. The number of halogens is 5. The maximum atomic E-state index is 12.8. The van der Waals surface area contributed by atoms with Crippen LogP contribution < -0.4 is 0 Å². The first kappa shape index (κ1) is 21.0. The number of hydrogen-bond donors (Lipinski definition) is 0. The molecule has 0 fully saturated rings. The molecule has 1 rings (SSSR count). The molecule has 0 aliphatic carbocycles. The van der Waals surface area contributed by atoms with Gasteiger partial charge in [0.25, 0.3) is 0 Å². The van der Waals surface area contributed by atoms with Crippen LogP contribution in [0.15, 0.2) is 34.1 Å². The fourth-order valence-electron chi connectivity index (χ4n) is 2.84. The van der Waals surface area contributed by atoms with Crippen molar-refractivity contribution in [3.05, 3.63) is 24.3 Å². The van der Waals surface area contributed by atoms with Crippen molar-refractivity contribution in [1.82, 2.24) is 0 Å². The molecule has 0 aliphatic rings. The van der Waals surface area contributed by atoms with Gasteiger partial charge in [0.1, 0.15) is 4.90 Å². The van der Waals surface area contributed by atoms with E-state index in [0.29, 0.717) is 32.8 Å². The quantitative estimate of drug-likeness (QED) is 0.344. The van der Waals surface area contributed by atoms with Crippen molar-refractivity contribution in [1.29, 1.82) is 0 Å². The molecule has 1 aromatic rings. The number of rotatable bonds is 6. The molecule has 23 heavy (non-hydrogen) atoms. The summed E-state index contributed by atoms with van der Waals surface area (Å²) in [6.07, 6.45) is 0. The predicted octanol–water partition coefficient (Wildman–Crippen LogP) is 8.38. The maximum Gasteiger partial charge on any atom is 0.310 e. The third-order valence-corrected chi connectivity index (χ3v) is 15.0. The minimum atomic E-state index is -9.59. The lowest BCUT2D eigenvalue weighted by molar-refractivity contribution is 0.364. The molecule has 0 spiro atoms. The van der Waals surface area contributed by atoms with Crippen LogP contribution in [0.2, 0.25) is 0 Å². The monoisotopic (exact) mass is 396 g/mol. The Morgan fingerprint density at radius 1 is 0.739 bits per heavy atom. The lowest BCUT2D eigenvalue weighted by Crippen LogP contribution is -2.25. The summed E-state index contributed by atoms with van der Waals surface area (Å²) in [7, 11) is -9.25. The smallest absolute Gasteiger partial charge is 0.181 e. The van der Waals surface area contributed by atoms with Crippen molar-refractivity contribution >= 4 is 30.1 Å². The van der Waals surface area contributed by atoms with Crippen LogP contribution in [0.3, 0.4) is 0 Å². The summed E-state index contributed by atoms with van der Waals surface area (Å²) >= 11 is 0. The highest BCUT2D eigenvalue weighted by atomic mass is 33.2. The first-order chi connectivity index (χ1) is 10.0. The Labute approximate surface area is 141 Å². The van der Waals surface area contributed by atoms with Gasteiger partial charge in [0.05, 0.1) is 0 Å². The van der Waals surface area contributed by atoms with Crippen LogP contribution in [-0.4, -0.2) is 15.7 Å². The summed E-state index contributed by atoms with van der Waals surface area (Å²) in [6, 6.07) is 3.36. The topological polar surface area (TPSA) is 0 Å². The fraction of sp³-hybridized carbons (Fsp3) is 0.600. The van der Waals surface area contributed by atoms with Gasteiger partial charge in [0, 0.05) is 4.90 Å². The van der Waals surface area contributed by atoms with E-state index in [2.05, 4.69) is 41.5 Å². The first-order valence-electron chi connectivity index (χ1n) is 7.34. The molecule has 0 bridgehead atoms. The van der Waals surface area contributed by atoms with Gasteiger partial charge < -0.3 is 0 Å². The van der Waals surface area contributed by atoms with Crippen LogP contribution in [-0.2, 0) is 0 Å². The Balaban J connectivity index is 3.24. The van der Waals surface area contributed by atoms with Gasteiger partial charge in [-0.05, 0) is 40.0 Å². The highest BCUT2D eigenvalue weighted by Gasteiger charge is 2.65. The van der Waals surface area contributed by atoms with E-state index in [1.165, 1.54) is 12.1 Å². The van der Waals surface area contributed by atoms with Crippen molar-refractivity contribution < 1.29 is 19.4 Å². The molecule has 0 nitrogen and oxygen atoms in total. The zero-order valence-corrected chi connectivity index (χ0v) is 16.6. The molecule has 8 heteroatoms. The van der Waals surface area contributed by atoms with E-state index in [1.54, 1.807) is 10.8 Å². The lowest BCUT2D eigenvalue weighted by Gasteiger charge is -2.50. The molecule has 0 heterocycles. The largest absolute Gasteiger partial charge is 0.310 e. The van der Waals surface area contributed by atoms with E-state index in [-0.39, 0.29) is 0 Å². The lowest BCUT2D eigenvalue weighted by atomic mass is 10.4. The zero-order chi connectivity index (χ0) is 18.3. The predicted molar refractivity (Wildman–Crippen MR) is 96.7 cm³/mol. The van der Waals surface area contributed by atoms with Gasteiger partial charge in [-0.2, -0.15) is 9.06 Å². The number of hydrogen-bond acceptors (Lipinski definition) is 1. The highest BCUT2D eigenvalue weighted by molar-refractivity contribution is 8.94. The Morgan fingerprint density at radius 3 is 1.35 bits per heavy atom. The molecule has 138 valence electrons. The van der Waals surface area contributed by atoms with Crippen molar-refractivity contribution in [3.8, 4) is 0 Å². The number of benzene rings is 1. The van der Waals surface area contributed by atoms with E-state index in [4.69, 9.17) is 0 Å². The standard InChI is InChI=1S/C15H25F5S3/c1-11(2)22(12(3)4,13(5)6)21-14-7-9-15(10-8-14)23(16,17,18,19)20/h7-13H,1-6H3. The maximum absolute atomic E-state index is 12.8. The van der Waals surface area contributed by atoms with Crippen LogP contribution >= 0.6 is 30.1 Å². The third kappa shape index (κ3) is 4.72. The van der Waals surface area contributed by atoms with Crippen LogP contribution in [0, 0.1) is 0 Å². The van der Waals surface area contributed by atoms with Gasteiger partial charge in [-0.3, -0.25) is 0 Å². The Morgan fingerprint density at radius 2 is 1.09 bits per heavy atom. The van der Waals surface area contributed by atoms with Crippen LogP contribution in [0.25, 0.3) is 0 Å². The molecule has 0 N–H and O–H groups in total. The summed E-state index contributed by atoms with van der Waals surface area (Å²) in [5, 5.41) is 1.09. The molecule has 0 saturated heterocycles. The second kappa shape index (κ2) is 5.73. The van der Waals surface area contributed by atoms with Crippen LogP contribution in [0.5, 0.6) is 0 Å². The molecule has 0 aromatic heterocycles. The average molecular weight is 397 g/mol. The summed E-state index contributed by atoms with van der Waals surface area (Å²) in [4.78, 5) is -1.21. The second-order valence-electron chi connectivity index (χ2n) is 6.37. The minimum Gasteiger partial charge on any atom is -0.181 e. The van der Waals surface area contributed by atoms with Crippen molar-refractivity contribution in [2.24, 2.45) is 0 Å². The Kier molecular flexibility index (Phi) is 5.22. The van der Waals surface area contributed by atoms with Crippen molar-refractivity contribution in [2.45, 2.75) is 67.1 Å². The van der Waals surface area contributed by atoms with E-state index in [9.17, 15) is 19.4 Å². The van der Waals surface area contributed by atoms with E-state index in [0.717, 1.165) is 0 Å². The molecular formula is C15H25F5S3. The van der Waals surface area contributed by atoms with Gasteiger partial charge in [-0.1, -0.05) is 71.8 Å². The molecule has 0 amide bonds. The molecule has 0 aliphatic heterocycles. The second-order valence-corrected chi connectivity index (χ2v) is 15.9. The van der Waals surface area contributed by atoms with Crippen molar-refractivity contribution in [3.63, 3.8) is 0 Å². The highest BCUT2D eigenvalue weighted by Crippen LogP contribution is 3.02. The van der Waals surface area contributed by atoms with E-state index >= 15 is 0 Å². The third-order valence-electron chi connectivity index (χ3n) is 3.72. The van der Waals surface area contributed by atoms with Gasteiger partial charge in [0.2, 0.25) is 0 Å². The van der Waals surface area contributed by atoms with Crippen molar-refractivity contribution in [2.75, 3.05) is 0 Å². The van der Waals surface area contributed by atoms with Gasteiger partial charge >= 0.3 is 10.2 Å². The van der Waals surface area contributed by atoms with Crippen LogP contribution in [0.4, 0.5) is 19.4 Å². The normalized spacial score (nSPS) is 17.5. The Bertz CT molecular complexity index is 525. The van der Waals surface area contributed by atoms with Gasteiger partial charge in [0.15, 0.2) is 0 Å². The average Bonchev–Trinajstić information content (AvgIpc) is 2.32. The fourth-order valence-corrected chi connectivity index (χ4v) is 11.0. The van der Waals surface area contributed by atoms with Crippen LogP contribution in [0.1, 0.15) is 41.5 Å². The SMILES string of the molecule is CC(C)S(Sc1ccc(S(F)(F)(F)(F)F)cc1)(C(C)C)C(C)C. The molecular weight excluding hydrogens is 371 g/mol. The molecule has 0 radical (unpaired) electrons. The van der Waals surface area contributed by atoms with E-state index in [1.807, 2.05) is 0 Å². The summed E-state index contributed by atoms with van der Waals surface area (Å²) in [5.41, 5.74) is 0. The summed E-state index contributed by atoms with van der Waals surface area (Å²) < 4.78 is 64.0. The van der Waals surface area contributed by atoms with Gasteiger partial charge in [-0.15, -0.1) is 0 Å². The van der Waals surface area contributed by atoms with E-state index < -0.39 is 24.2 Å². The first-order valence-corrected chi connectivity index (χ1v) is 12.4. The molecule has 1 aromatic carbocycles. The summed E-state index contributed by atoms with van der Waals surface area (Å²) in [5.74, 6) is 0. The zero-order valence-electron chi connectivity index (χ0n) is 14.2. The molecule has 0 unspecified atom stereocenters.